The maximum atomic E-state index is 11.6. The van der Waals surface area contributed by atoms with Gasteiger partial charge in [0.15, 0.2) is 15.7 Å². The summed E-state index contributed by atoms with van der Waals surface area (Å²) in [6.45, 7) is 1.74. The lowest BCUT2D eigenvalue weighted by Crippen LogP contribution is -2.35. The molecular weight excluding hydrogens is 256 g/mol. The molecule has 1 N–H and O–H groups in total. The van der Waals surface area contributed by atoms with Crippen LogP contribution in [0.5, 0.6) is 0 Å². The van der Waals surface area contributed by atoms with Crippen LogP contribution in [0.4, 0.5) is 0 Å². The Hall–Kier alpha value is -1.37. The van der Waals surface area contributed by atoms with Crippen LogP contribution >= 0.6 is 0 Å². The Kier molecular flexibility index (Phi) is 3.70. The van der Waals surface area contributed by atoms with Crippen LogP contribution in [0.3, 0.4) is 0 Å². The fraction of sp³-hybridized carbons (Fsp3) is 0.636. The van der Waals surface area contributed by atoms with Gasteiger partial charge in [0, 0.05) is 25.8 Å². The van der Waals surface area contributed by atoms with Crippen LogP contribution in [0.25, 0.3) is 0 Å². The zero-order valence-electron chi connectivity index (χ0n) is 10.2. The summed E-state index contributed by atoms with van der Waals surface area (Å²) in [4.78, 5) is 15.7. The number of sulfone groups is 1. The standard InChI is InChI=1S/C11H16N2O4S/c1-8-12-9(6-17-8)2-3-11(14)13-10-4-5-18(15,16)7-10/h6,10H,2-5,7H2,1H3,(H,13,14). The summed E-state index contributed by atoms with van der Waals surface area (Å²) in [6.07, 6.45) is 2.84. The third-order valence-corrected chi connectivity index (χ3v) is 4.64. The molecule has 0 saturated carbocycles. The van der Waals surface area contributed by atoms with Crippen LogP contribution < -0.4 is 5.32 Å². The average molecular weight is 272 g/mol. The van der Waals surface area contributed by atoms with E-state index in [9.17, 15) is 13.2 Å². The number of nitrogens with one attached hydrogen (secondary N) is 1. The molecule has 0 bridgehead atoms. The Morgan fingerprint density at radius 1 is 1.61 bits per heavy atom. The quantitative estimate of drug-likeness (QED) is 0.847. The molecule has 2 rings (SSSR count). The Morgan fingerprint density at radius 3 is 2.94 bits per heavy atom. The molecule has 1 saturated heterocycles. The Morgan fingerprint density at radius 2 is 2.39 bits per heavy atom. The van der Waals surface area contributed by atoms with Gasteiger partial charge in [-0.1, -0.05) is 0 Å². The third kappa shape index (κ3) is 3.56. The number of rotatable bonds is 4. The normalized spacial score (nSPS) is 21.9. The van der Waals surface area contributed by atoms with E-state index in [0.717, 1.165) is 5.69 Å². The van der Waals surface area contributed by atoms with E-state index in [2.05, 4.69) is 10.3 Å². The van der Waals surface area contributed by atoms with Gasteiger partial charge in [0.25, 0.3) is 0 Å². The van der Waals surface area contributed by atoms with Crippen molar-refractivity contribution in [2.75, 3.05) is 11.5 Å². The fourth-order valence-corrected chi connectivity index (χ4v) is 3.65. The highest BCUT2D eigenvalue weighted by atomic mass is 32.2. The molecular formula is C11H16N2O4S. The maximum Gasteiger partial charge on any atom is 0.220 e. The van der Waals surface area contributed by atoms with Gasteiger partial charge in [-0.3, -0.25) is 4.79 Å². The topological polar surface area (TPSA) is 89.3 Å². The molecule has 1 aromatic heterocycles. The second kappa shape index (κ2) is 5.09. The minimum absolute atomic E-state index is 0.0573. The lowest BCUT2D eigenvalue weighted by atomic mass is 10.2. The van der Waals surface area contributed by atoms with Gasteiger partial charge in [0.2, 0.25) is 5.91 Å². The lowest BCUT2D eigenvalue weighted by Gasteiger charge is -2.09. The highest BCUT2D eigenvalue weighted by Crippen LogP contribution is 2.11. The zero-order valence-corrected chi connectivity index (χ0v) is 11.0. The molecule has 0 aromatic carbocycles. The molecule has 2 heterocycles. The van der Waals surface area contributed by atoms with Gasteiger partial charge < -0.3 is 9.73 Å². The van der Waals surface area contributed by atoms with Gasteiger partial charge in [-0.2, -0.15) is 0 Å². The van der Waals surface area contributed by atoms with Crippen molar-refractivity contribution >= 4 is 15.7 Å². The summed E-state index contributed by atoms with van der Waals surface area (Å²) in [7, 11) is -2.95. The predicted octanol–water partition coefficient (Wildman–Crippen LogP) is 0.219. The SMILES string of the molecule is Cc1nc(CCC(=O)NC2CCS(=O)(=O)C2)co1. The second-order valence-corrected chi connectivity index (χ2v) is 6.75. The van der Waals surface area contributed by atoms with E-state index in [-0.39, 0.29) is 23.5 Å². The molecule has 1 unspecified atom stereocenters. The molecule has 6 nitrogen and oxygen atoms in total. The minimum atomic E-state index is -2.95. The maximum absolute atomic E-state index is 11.6. The highest BCUT2D eigenvalue weighted by molar-refractivity contribution is 7.91. The molecule has 1 fully saturated rings. The number of hydrogen-bond donors (Lipinski definition) is 1. The second-order valence-electron chi connectivity index (χ2n) is 4.53. The molecule has 1 atom stereocenters. The van der Waals surface area contributed by atoms with Crippen LogP contribution in [0.15, 0.2) is 10.7 Å². The van der Waals surface area contributed by atoms with Crippen molar-refractivity contribution in [2.45, 2.75) is 32.2 Å². The van der Waals surface area contributed by atoms with Gasteiger partial charge in [-0.15, -0.1) is 0 Å². The van der Waals surface area contributed by atoms with Gasteiger partial charge in [-0.05, 0) is 6.42 Å². The molecule has 7 heteroatoms. The van der Waals surface area contributed by atoms with Crippen molar-refractivity contribution in [1.29, 1.82) is 0 Å². The minimum Gasteiger partial charge on any atom is -0.449 e. The number of oxazole rings is 1. The fourth-order valence-electron chi connectivity index (χ4n) is 1.97. The summed E-state index contributed by atoms with van der Waals surface area (Å²) in [5.74, 6) is 0.660. The van der Waals surface area contributed by atoms with Crippen LogP contribution in [-0.2, 0) is 21.1 Å². The van der Waals surface area contributed by atoms with Crippen LogP contribution in [0, 0.1) is 6.92 Å². The number of carbonyl (C=O) groups excluding carboxylic acids is 1. The summed E-state index contributed by atoms with van der Waals surface area (Å²) in [5, 5.41) is 2.74. The summed E-state index contributed by atoms with van der Waals surface area (Å²) >= 11 is 0. The van der Waals surface area contributed by atoms with E-state index in [0.29, 0.717) is 25.2 Å². The summed E-state index contributed by atoms with van der Waals surface area (Å²) < 4.78 is 27.5. The van der Waals surface area contributed by atoms with Gasteiger partial charge in [0.1, 0.15) is 6.26 Å². The van der Waals surface area contributed by atoms with E-state index < -0.39 is 9.84 Å². The highest BCUT2D eigenvalue weighted by Gasteiger charge is 2.28. The monoisotopic (exact) mass is 272 g/mol. The molecule has 0 aliphatic carbocycles. The van der Waals surface area contributed by atoms with Gasteiger partial charge >= 0.3 is 0 Å². The Bertz CT molecular complexity index is 535. The largest absolute Gasteiger partial charge is 0.449 e. The van der Waals surface area contributed by atoms with E-state index in [4.69, 9.17) is 4.42 Å². The van der Waals surface area contributed by atoms with Crippen molar-refractivity contribution in [3.05, 3.63) is 17.8 Å². The molecule has 1 aliphatic rings. The number of aromatic nitrogens is 1. The summed E-state index contributed by atoms with van der Waals surface area (Å²) in [5.41, 5.74) is 0.738. The van der Waals surface area contributed by atoms with Crippen LogP contribution in [0.1, 0.15) is 24.4 Å². The smallest absolute Gasteiger partial charge is 0.220 e. The Balaban J connectivity index is 1.76. The predicted molar refractivity (Wildman–Crippen MR) is 64.8 cm³/mol. The summed E-state index contributed by atoms with van der Waals surface area (Å²) in [6, 6.07) is -0.235. The van der Waals surface area contributed by atoms with Crippen molar-refractivity contribution in [3.8, 4) is 0 Å². The first-order chi connectivity index (χ1) is 8.44. The van der Waals surface area contributed by atoms with E-state index in [1.165, 1.54) is 6.26 Å². The molecule has 1 aliphatic heterocycles. The molecule has 0 radical (unpaired) electrons. The van der Waals surface area contributed by atoms with Crippen molar-refractivity contribution in [1.82, 2.24) is 10.3 Å². The number of amides is 1. The van der Waals surface area contributed by atoms with Gasteiger partial charge in [0.05, 0.1) is 17.2 Å². The van der Waals surface area contributed by atoms with Gasteiger partial charge in [-0.25, -0.2) is 13.4 Å². The average Bonchev–Trinajstić information content (AvgIpc) is 2.82. The van der Waals surface area contributed by atoms with E-state index in [1.54, 1.807) is 6.92 Å². The number of carbonyl (C=O) groups is 1. The molecule has 0 spiro atoms. The van der Waals surface area contributed by atoms with Crippen molar-refractivity contribution in [3.63, 3.8) is 0 Å². The first-order valence-electron chi connectivity index (χ1n) is 5.85. The number of aryl methyl sites for hydroxylation is 2. The molecule has 1 aromatic rings. The zero-order chi connectivity index (χ0) is 13.2. The van der Waals surface area contributed by atoms with Crippen LogP contribution in [0.2, 0.25) is 0 Å². The first kappa shape index (κ1) is 13.1. The third-order valence-electron chi connectivity index (χ3n) is 2.87. The Labute approximate surface area is 106 Å². The molecule has 1 amide bonds. The van der Waals surface area contributed by atoms with E-state index in [1.807, 2.05) is 0 Å². The number of hydrogen-bond acceptors (Lipinski definition) is 5. The van der Waals surface area contributed by atoms with Crippen molar-refractivity contribution in [2.24, 2.45) is 0 Å². The van der Waals surface area contributed by atoms with Crippen LogP contribution in [-0.4, -0.2) is 36.9 Å². The number of nitrogens with zero attached hydrogens (tertiary/aromatic N) is 1. The first-order valence-corrected chi connectivity index (χ1v) is 7.67. The van der Waals surface area contributed by atoms with Crippen molar-refractivity contribution < 1.29 is 17.6 Å². The molecule has 18 heavy (non-hydrogen) atoms. The van der Waals surface area contributed by atoms with E-state index >= 15 is 0 Å². The molecule has 100 valence electrons. The lowest BCUT2D eigenvalue weighted by molar-refractivity contribution is -0.121.